The Balaban J connectivity index is 3.11. The molecule has 0 saturated heterocycles. The first-order valence-electron chi connectivity index (χ1n) is 8.55. The molecule has 0 saturated carbocycles. The molecule has 0 nitrogen and oxygen atoms in total. The lowest BCUT2D eigenvalue weighted by molar-refractivity contribution is 1.65. The van der Waals surface area contributed by atoms with E-state index in [1.54, 1.807) is 6.08 Å². The molecule has 0 spiro atoms. The molecule has 26 heavy (non-hydrogen) atoms. The van der Waals surface area contributed by atoms with Crippen LogP contribution in [0.4, 0.5) is 0 Å². The summed E-state index contributed by atoms with van der Waals surface area (Å²) in [7, 11) is 0. The molecule has 0 aliphatic rings. The van der Waals surface area contributed by atoms with E-state index in [2.05, 4.69) is 31.4 Å². The summed E-state index contributed by atoms with van der Waals surface area (Å²) >= 11 is 0. The molecular weight excluding hydrogens is 312 g/mol. The van der Waals surface area contributed by atoms with E-state index in [1.165, 1.54) is 0 Å². The lowest BCUT2D eigenvalue weighted by Gasteiger charge is -1.91. The third kappa shape index (κ3) is 11.2. The van der Waals surface area contributed by atoms with Crippen molar-refractivity contribution < 1.29 is 0 Å². The molecular formula is C26H26. The number of allylic oxidation sites excluding steroid dienone is 8. The quantitative estimate of drug-likeness (QED) is 0.473. The minimum Gasteiger partial charge on any atom is -0.0991 e. The van der Waals surface area contributed by atoms with E-state index in [0.29, 0.717) is 0 Å². The van der Waals surface area contributed by atoms with Crippen LogP contribution in [0.1, 0.15) is 11.1 Å². The fourth-order valence-corrected chi connectivity index (χ4v) is 1.87. The largest absolute Gasteiger partial charge is 0.0991 e. The second-order valence-corrected chi connectivity index (χ2v) is 5.16. The summed E-state index contributed by atoms with van der Waals surface area (Å²) in [6.07, 6.45) is 19.4. The maximum absolute atomic E-state index is 3.89. The van der Waals surface area contributed by atoms with E-state index in [0.717, 1.165) is 11.1 Å². The molecule has 1 aromatic rings. The Hall–Kier alpha value is -3.38. The molecule has 0 aliphatic carbocycles. The van der Waals surface area contributed by atoms with E-state index in [4.69, 9.17) is 0 Å². The van der Waals surface area contributed by atoms with Crippen molar-refractivity contribution >= 4 is 12.2 Å². The highest BCUT2D eigenvalue weighted by atomic mass is 13.9. The topological polar surface area (TPSA) is 0 Å². The third-order valence-electron chi connectivity index (χ3n) is 3.13. The highest BCUT2D eigenvalue weighted by Crippen LogP contribution is 2.04. The summed E-state index contributed by atoms with van der Waals surface area (Å²) in [6, 6.07) is 24.2. The van der Waals surface area contributed by atoms with Crippen molar-refractivity contribution in [2.24, 2.45) is 0 Å². The van der Waals surface area contributed by atoms with E-state index in [-0.39, 0.29) is 0 Å². The van der Waals surface area contributed by atoms with Gasteiger partial charge in [0.15, 0.2) is 0 Å². The zero-order chi connectivity index (χ0) is 18.7. The second-order valence-electron chi connectivity index (χ2n) is 5.16. The van der Waals surface area contributed by atoms with Gasteiger partial charge in [-0.15, -0.1) is 0 Å². The maximum atomic E-state index is 3.89. The van der Waals surface area contributed by atoms with Crippen LogP contribution < -0.4 is 0 Å². The summed E-state index contributed by atoms with van der Waals surface area (Å²) in [4.78, 5) is 0. The van der Waals surface area contributed by atoms with Crippen molar-refractivity contribution in [3.8, 4) is 0 Å². The molecule has 130 valence electrons. The van der Waals surface area contributed by atoms with Gasteiger partial charge in [0.05, 0.1) is 0 Å². The monoisotopic (exact) mass is 338 g/mol. The van der Waals surface area contributed by atoms with Crippen molar-refractivity contribution in [2.75, 3.05) is 0 Å². The van der Waals surface area contributed by atoms with Gasteiger partial charge in [0.2, 0.25) is 0 Å². The Kier molecular flexibility index (Phi) is 12.1. The van der Waals surface area contributed by atoms with Gasteiger partial charge in [-0.25, -0.2) is 0 Å². The molecule has 1 rings (SSSR count). The van der Waals surface area contributed by atoms with Crippen LogP contribution in [-0.2, 0) is 0 Å². The summed E-state index contributed by atoms with van der Waals surface area (Å²) in [6.45, 7) is 7.52. The first kappa shape index (κ1) is 20.7. The van der Waals surface area contributed by atoms with Crippen molar-refractivity contribution in [2.45, 2.75) is 0 Å². The average molecular weight is 338 g/mol. The van der Waals surface area contributed by atoms with Crippen molar-refractivity contribution in [1.29, 1.82) is 0 Å². The highest BCUT2D eigenvalue weighted by Gasteiger charge is 1.83. The smallest absolute Gasteiger partial charge is 0.0251 e. The van der Waals surface area contributed by atoms with E-state index >= 15 is 0 Å². The molecule has 0 heteroatoms. The molecule has 0 unspecified atom stereocenters. The number of hydrogen-bond donors (Lipinski definition) is 0. The Morgan fingerprint density at radius 3 is 1.50 bits per heavy atom. The summed E-state index contributed by atoms with van der Waals surface area (Å²) in [5.74, 6) is 0. The molecule has 0 aromatic heterocycles. The Labute approximate surface area is 158 Å². The molecule has 0 N–H and O–H groups in total. The number of rotatable bonds is 6. The minimum atomic E-state index is 1.05. The van der Waals surface area contributed by atoms with E-state index in [9.17, 15) is 0 Å². The summed E-state index contributed by atoms with van der Waals surface area (Å²) in [5, 5.41) is 0. The van der Waals surface area contributed by atoms with Gasteiger partial charge in [-0.05, 0) is 17.2 Å². The fraction of sp³-hybridized carbons (Fsp3) is 0. The van der Waals surface area contributed by atoms with E-state index in [1.807, 2.05) is 109 Å². The molecule has 0 bridgehead atoms. The first-order chi connectivity index (χ1) is 12.9. The lowest BCUT2D eigenvalue weighted by atomic mass is 10.1. The minimum absolute atomic E-state index is 1.05. The van der Waals surface area contributed by atoms with Crippen LogP contribution in [0.25, 0.3) is 12.2 Å². The summed E-state index contributed by atoms with van der Waals surface area (Å²) < 4.78 is 0. The van der Waals surface area contributed by atoms with Crippen LogP contribution in [0.15, 0.2) is 135 Å². The average Bonchev–Trinajstić information content (AvgIpc) is 2.66. The van der Waals surface area contributed by atoms with Gasteiger partial charge in [0.25, 0.3) is 0 Å². The molecule has 0 radical (unpaired) electrons. The van der Waals surface area contributed by atoms with Gasteiger partial charge < -0.3 is 0 Å². The predicted molar refractivity (Wildman–Crippen MR) is 118 cm³/mol. The second kappa shape index (κ2) is 15.2. The van der Waals surface area contributed by atoms with Gasteiger partial charge in [-0.2, -0.15) is 0 Å². The van der Waals surface area contributed by atoms with Crippen LogP contribution in [0.5, 0.6) is 0 Å². The van der Waals surface area contributed by atoms with Crippen molar-refractivity contribution in [1.82, 2.24) is 0 Å². The SMILES string of the molecule is C=C/C=C/C=C/C=C/C=C/c1cccccccccccc(C=C)c1. The fourth-order valence-electron chi connectivity index (χ4n) is 1.87. The van der Waals surface area contributed by atoms with Crippen molar-refractivity contribution in [3.05, 3.63) is 146 Å². The van der Waals surface area contributed by atoms with Gasteiger partial charge >= 0.3 is 0 Å². The van der Waals surface area contributed by atoms with E-state index < -0.39 is 0 Å². The van der Waals surface area contributed by atoms with Crippen LogP contribution in [0.3, 0.4) is 0 Å². The normalized spacial score (nSPS) is 10.8. The predicted octanol–water partition coefficient (Wildman–Crippen LogP) is 7.45. The van der Waals surface area contributed by atoms with Gasteiger partial charge in [0, 0.05) is 0 Å². The zero-order valence-electron chi connectivity index (χ0n) is 15.1. The van der Waals surface area contributed by atoms with Gasteiger partial charge in [-0.3, -0.25) is 0 Å². The molecule has 0 atom stereocenters. The standard InChI is InChI=1S/C26H26/c1-3-5-6-7-8-12-16-19-22-26-23-20-17-14-11-9-10-13-15-18-21-25(4-2)24-26/h3-24H,1-2H2/b6-5+,8-7+,10-9?,11-9?,13-10?,14-11?,15-13?,16-12+,17-14?,18-15?,20-17?,21-18?,22-19+,23-20?,25-21?,25-24?,26-23?,26-24?. The van der Waals surface area contributed by atoms with Crippen LogP contribution in [-0.4, -0.2) is 0 Å². The highest BCUT2D eigenvalue weighted by molar-refractivity contribution is 5.55. The maximum Gasteiger partial charge on any atom is -0.0251 e. The van der Waals surface area contributed by atoms with Crippen LogP contribution >= 0.6 is 0 Å². The molecule has 0 amide bonds. The Bertz CT molecular complexity index is 786. The molecule has 0 fully saturated rings. The first-order valence-corrected chi connectivity index (χ1v) is 8.55. The Morgan fingerprint density at radius 2 is 0.962 bits per heavy atom. The third-order valence-corrected chi connectivity index (χ3v) is 3.13. The van der Waals surface area contributed by atoms with Gasteiger partial charge in [0.1, 0.15) is 0 Å². The van der Waals surface area contributed by atoms with Crippen LogP contribution in [0, 0.1) is 0 Å². The molecule has 1 aromatic carbocycles. The Morgan fingerprint density at radius 1 is 0.500 bits per heavy atom. The van der Waals surface area contributed by atoms with Gasteiger partial charge in [-0.1, -0.05) is 141 Å². The lowest BCUT2D eigenvalue weighted by Crippen LogP contribution is -1.70. The zero-order valence-corrected chi connectivity index (χ0v) is 15.1. The number of hydrogen-bond acceptors (Lipinski definition) is 0. The molecule has 0 aliphatic heterocycles. The van der Waals surface area contributed by atoms with Crippen molar-refractivity contribution in [3.63, 3.8) is 0 Å². The molecule has 0 heterocycles. The summed E-state index contributed by atoms with van der Waals surface area (Å²) in [5.41, 5.74) is 2.14. The van der Waals surface area contributed by atoms with Crippen LogP contribution in [0.2, 0.25) is 0 Å².